The summed E-state index contributed by atoms with van der Waals surface area (Å²) in [5.74, 6) is -0.0273. The molecule has 114 valence electrons. The highest BCUT2D eigenvalue weighted by Gasteiger charge is 2.17. The molecule has 4 heteroatoms. The highest BCUT2D eigenvalue weighted by molar-refractivity contribution is 6.09. The molecule has 0 bridgehead atoms. The fourth-order valence-corrected chi connectivity index (χ4v) is 3.01. The first kappa shape index (κ1) is 14.4. The number of H-pyrrole nitrogens is 1. The van der Waals surface area contributed by atoms with E-state index in [0.29, 0.717) is 6.42 Å². The van der Waals surface area contributed by atoms with Crippen molar-refractivity contribution >= 4 is 27.8 Å². The SMILES string of the molecule is CC(=O)O[C@H](C)Cc1c(C)c(O)cc2c1[nH]c1ccccc12. The molecule has 1 aromatic heterocycles. The first-order valence-corrected chi connectivity index (χ1v) is 7.36. The van der Waals surface area contributed by atoms with Gasteiger partial charge in [0, 0.05) is 29.6 Å². The van der Waals surface area contributed by atoms with Crippen LogP contribution in [0.4, 0.5) is 0 Å². The normalized spacial score (nSPS) is 12.7. The molecule has 0 unspecified atom stereocenters. The zero-order valence-corrected chi connectivity index (χ0v) is 12.9. The van der Waals surface area contributed by atoms with Crippen molar-refractivity contribution in [3.63, 3.8) is 0 Å². The molecular weight excluding hydrogens is 278 g/mol. The smallest absolute Gasteiger partial charge is 0.302 e. The van der Waals surface area contributed by atoms with Crippen LogP contribution in [-0.4, -0.2) is 22.2 Å². The van der Waals surface area contributed by atoms with Crippen molar-refractivity contribution in [2.75, 3.05) is 0 Å². The van der Waals surface area contributed by atoms with Gasteiger partial charge in [-0.15, -0.1) is 0 Å². The molecule has 0 aliphatic rings. The van der Waals surface area contributed by atoms with Crippen LogP contribution in [0.3, 0.4) is 0 Å². The summed E-state index contributed by atoms with van der Waals surface area (Å²) >= 11 is 0. The predicted octanol–water partition coefficient (Wildman–Crippen LogP) is 3.83. The molecule has 0 aliphatic heterocycles. The molecule has 0 fully saturated rings. The number of esters is 1. The number of aromatic nitrogens is 1. The zero-order chi connectivity index (χ0) is 15.9. The molecule has 3 rings (SSSR count). The highest BCUT2D eigenvalue weighted by atomic mass is 16.5. The lowest BCUT2D eigenvalue weighted by Gasteiger charge is -2.15. The number of fused-ring (bicyclic) bond motifs is 3. The predicted molar refractivity (Wildman–Crippen MR) is 87.1 cm³/mol. The van der Waals surface area contributed by atoms with Crippen molar-refractivity contribution in [2.24, 2.45) is 0 Å². The minimum atomic E-state index is -0.293. The van der Waals surface area contributed by atoms with Gasteiger partial charge in [0.15, 0.2) is 0 Å². The molecule has 0 aliphatic carbocycles. The van der Waals surface area contributed by atoms with Crippen molar-refractivity contribution in [3.8, 4) is 5.75 Å². The van der Waals surface area contributed by atoms with Crippen molar-refractivity contribution in [1.82, 2.24) is 4.98 Å². The van der Waals surface area contributed by atoms with Gasteiger partial charge in [0.2, 0.25) is 0 Å². The van der Waals surface area contributed by atoms with Gasteiger partial charge in [0.25, 0.3) is 0 Å². The largest absolute Gasteiger partial charge is 0.508 e. The van der Waals surface area contributed by atoms with Crippen LogP contribution in [-0.2, 0) is 16.0 Å². The summed E-state index contributed by atoms with van der Waals surface area (Å²) < 4.78 is 5.24. The lowest BCUT2D eigenvalue weighted by atomic mass is 9.98. The average molecular weight is 297 g/mol. The number of nitrogens with one attached hydrogen (secondary N) is 1. The Hall–Kier alpha value is -2.49. The number of carbonyl (C=O) groups excluding carboxylic acids is 1. The summed E-state index contributed by atoms with van der Waals surface area (Å²) in [6.45, 7) is 5.15. The molecular formula is C18H19NO3. The Kier molecular flexibility index (Phi) is 3.53. The Morgan fingerprint density at radius 2 is 2.05 bits per heavy atom. The standard InChI is InChI=1S/C18H19NO3/c1-10(22-12(3)20)8-14-11(2)17(21)9-15-13-6-4-5-7-16(13)19-18(14)15/h4-7,9-10,19,21H,8H2,1-3H3/t10-/m1/s1. The first-order chi connectivity index (χ1) is 10.5. The Morgan fingerprint density at radius 1 is 1.32 bits per heavy atom. The van der Waals surface area contributed by atoms with Gasteiger partial charge >= 0.3 is 5.97 Å². The summed E-state index contributed by atoms with van der Waals surface area (Å²) in [5.41, 5.74) is 3.83. The number of para-hydroxylation sites is 1. The summed E-state index contributed by atoms with van der Waals surface area (Å²) in [7, 11) is 0. The van der Waals surface area contributed by atoms with Gasteiger partial charge in [-0.05, 0) is 37.1 Å². The molecule has 2 N–H and O–H groups in total. The van der Waals surface area contributed by atoms with Crippen LogP contribution in [0.5, 0.6) is 5.75 Å². The minimum absolute atomic E-state index is 0.243. The van der Waals surface area contributed by atoms with Crippen LogP contribution in [0, 0.1) is 6.92 Å². The van der Waals surface area contributed by atoms with Crippen LogP contribution in [0.1, 0.15) is 25.0 Å². The van der Waals surface area contributed by atoms with E-state index in [9.17, 15) is 9.90 Å². The number of phenols is 1. The van der Waals surface area contributed by atoms with Gasteiger partial charge in [-0.1, -0.05) is 18.2 Å². The topological polar surface area (TPSA) is 62.3 Å². The molecule has 1 heterocycles. The van der Waals surface area contributed by atoms with E-state index in [1.807, 2.05) is 38.1 Å². The highest BCUT2D eigenvalue weighted by Crippen LogP contribution is 2.35. The van der Waals surface area contributed by atoms with Gasteiger partial charge < -0.3 is 14.8 Å². The minimum Gasteiger partial charge on any atom is -0.508 e. The van der Waals surface area contributed by atoms with Crippen LogP contribution >= 0.6 is 0 Å². The van der Waals surface area contributed by atoms with Crippen molar-refractivity contribution < 1.29 is 14.6 Å². The lowest BCUT2D eigenvalue weighted by molar-refractivity contribution is -0.145. The fourth-order valence-electron chi connectivity index (χ4n) is 3.01. The number of rotatable bonds is 3. The monoisotopic (exact) mass is 297 g/mol. The number of ether oxygens (including phenoxy) is 1. The van der Waals surface area contributed by atoms with Crippen LogP contribution in [0.15, 0.2) is 30.3 Å². The number of carbonyl (C=O) groups is 1. The van der Waals surface area contributed by atoms with Crippen LogP contribution < -0.4 is 0 Å². The first-order valence-electron chi connectivity index (χ1n) is 7.36. The Morgan fingerprint density at radius 3 is 2.77 bits per heavy atom. The maximum absolute atomic E-state index is 11.1. The Balaban J connectivity index is 2.19. The van der Waals surface area contributed by atoms with E-state index < -0.39 is 0 Å². The zero-order valence-electron chi connectivity index (χ0n) is 12.9. The van der Waals surface area contributed by atoms with Gasteiger partial charge in [-0.3, -0.25) is 4.79 Å². The molecule has 0 saturated carbocycles. The summed E-state index contributed by atoms with van der Waals surface area (Å²) in [6.07, 6.45) is 0.316. The molecule has 0 radical (unpaired) electrons. The third kappa shape index (κ3) is 2.41. The molecule has 0 amide bonds. The maximum atomic E-state index is 11.1. The molecule has 0 spiro atoms. The Labute approximate surface area is 128 Å². The lowest BCUT2D eigenvalue weighted by Crippen LogP contribution is -2.15. The van der Waals surface area contributed by atoms with E-state index in [-0.39, 0.29) is 17.8 Å². The number of aromatic hydroxyl groups is 1. The molecule has 3 aromatic rings. The van der Waals surface area contributed by atoms with E-state index in [1.54, 1.807) is 6.07 Å². The van der Waals surface area contributed by atoms with Gasteiger partial charge in [0.05, 0.1) is 5.52 Å². The fraction of sp³-hybridized carbons (Fsp3) is 0.278. The number of aromatic amines is 1. The van der Waals surface area contributed by atoms with Crippen LogP contribution in [0.25, 0.3) is 21.8 Å². The number of hydrogen-bond acceptors (Lipinski definition) is 3. The molecule has 22 heavy (non-hydrogen) atoms. The van der Waals surface area contributed by atoms with E-state index in [1.165, 1.54) is 6.92 Å². The van der Waals surface area contributed by atoms with Crippen molar-refractivity contribution in [2.45, 2.75) is 33.3 Å². The second-order valence-electron chi connectivity index (χ2n) is 5.72. The van der Waals surface area contributed by atoms with E-state index >= 15 is 0 Å². The summed E-state index contributed by atoms with van der Waals surface area (Å²) in [4.78, 5) is 14.5. The molecule has 2 aromatic carbocycles. The molecule has 4 nitrogen and oxygen atoms in total. The van der Waals surface area contributed by atoms with Crippen molar-refractivity contribution in [3.05, 3.63) is 41.5 Å². The van der Waals surface area contributed by atoms with Crippen LogP contribution in [0.2, 0.25) is 0 Å². The third-order valence-corrected chi connectivity index (χ3v) is 4.02. The molecule has 1 atom stereocenters. The average Bonchev–Trinajstić information content (AvgIpc) is 2.81. The van der Waals surface area contributed by atoms with Crippen molar-refractivity contribution in [1.29, 1.82) is 0 Å². The summed E-state index contributed by atoms with van der Waals surface area (Å²) in [6, 6.07) is 9.80. The van der Waals surface area contributed by atoms with Gasteiger partial charge in [-0.25, -0.2) is 0 Å². The third-order valence-electron chi connectivity index (χ3n) is 4.02. The Bertz CT molecular complexity index is 864. The number of phenolic OH excluding ortho intramolecular Hbond substituents is 1. The molecule has 0 saturated heterocycles. The van der Waals surface area contributed by atoms with E-state index in [4.69, 9.17) is 4.74 Å². The quantitative estimate of drug-likeness (QED) is 0.722. The summed E-state index contributed by atoms with van der Waals surface area (Å²) in [5, 5.41) is 12.3. The second kappa shape index (κ2) is 5.37. The maximum Gasteiger partial charge on any atom is 0.302 e. The van der Waals surface area contributed by atoms with E-state index in [0.717, 1.165) is 32.9 Å². The van der Waals surface area contributed by atoms with E-state index in [2.05, 4.69) is 4.98 Å². The second-order valence-corrected chi connectivity index (χ2v) is 5.72. The number of hydrogen-bond donors (Lipinski definition) is 2. The van der Waals surface area contributed by atoms with Gasteiger partial charge in [-0.2, -0.15) is 0 Å². The van der Waals surface area contributed by atoms with Gasteiger partial charge in [0.1, 0.15) is 11.9 Å². The number of benzene rings is 2.